The summed E-state index contributed by atoms with van der Waals surface area (Å²) in [4.78, 5) is 6.71. The first-order chi connectivity index (χ1) is 9.24. The van der Waals surface area contributed by atoms with Crippen molar-refractivity contribution in [2.24, 2.45) is 0 Å². The molecule has 1 fully saturated rings. The maximum Gasteiger partial charge on any atom is 0.171 e. The molecular weight excluding hydrogens is 260 g/mol. The molecule has 5 nitrogen and oxygen atoms in total. The molecule has 1 saturated heterocycles. The molecule has 104 valence electrons. The van der Waals surface area contributed by atoms with Gasteiger partial charge in [-0.1, -0.05) is 6.07 Å². The van der Waals surface area contributed by atoms with Gasteiger partial charge in [-0.25, -0.2) is 4.98 Å². The van der Waals surface area contributed by atoms with E-state index in [0.29, 0.717) is 5.11 Å². The molecule has 0 atom stereocenters. The second kappa shape index (κ2) is 7.37. The highest BCUT2D eigenvalue weighted by molar-refractivity contribution is 7.80. The number of aryl methyl sites for hydroxylation is 1. The molecule has 0 bridgehead atoms. The molecule has 0 aliphatic carbocycles. The molecule has 1 aliphatic rings. The molecule has 1 aliphatic heterocycles. The number of hydrogen-bond donors (Lipinski definition) is 2. The Morgan fingerprint density at radius 1 is 1.42 bits per heavy atom. The minimum atomic E-state index is 0.617. The fourth-order valence-electron chi connectivity index (χ4n) is 1.93. The van der Waals surface area contributed by atoms with Gasteiger partial charge in [-0.15, -0.1) is 0 Å². The number of nitrogens with one attached hydrogen (secondary N) is 2. The van der Waals surface area contributed by atoms with E-state index in [1.54, 1.807) is 0 Å². The lowest BCUT2D eigenvalue weighted by molar-refractivity contribution is 0.0389. The van der Waals surface area contributed by atoms with E-state index in [4.69, 9.17) is 17.0 Å². The molecule has 1 aromatic rings. The van der Waals surface area contributed by atoms with E-state index in [-0.39, 0.29) is 0 Å². The molecule has 0 radical (unpaired) electrons. The van der Waals surface area contributed by atoms with Crippen molar-refractivity contribution in [1.29, 1.82) is 0 Å². The minimum absolute atomic E-state index is 0.617. The molecular formula is C13H20N4OS. The van der Waals surface area contributed by atoms with E-state index in [2.05, 4.69) is 20.5 Å². The Hall–Kier alpha value is -1.24. The number of morpholine rings is 1. The zero-order valence-electron chi connectivity index (χ0n) is 11.2. The lowest BCUT2D eigenvalue weighted by Gasteiger charge is -2.26. The largest absolute Gasteiger partial charge is 0.379 e. The van der Waals surface area contributed by atoms with Gasteiger partial charge in [0.25, 0.3) is 0 Å². The van der Waals surface area contributed by atoms with Crippen LogP contribution in [-0.2, 0) is 4.74 Å². The molecule has 1 aromatic heterocycles. The molecule has 19 heavy (non-hydrogen) atoms. The van der Waals surface area contributed by atoms with Crippen LogP contribution in [0.4, 0.5) is 5.82 Å². The number of aromatic nitrogens is 1. The number of anilines is 1. The van der Waals surface area contributed by atoms with Gasteiger partial charge in [-0.2, -0.15) is 0 Å². The van der Waals surface area contributed by atoms with Crippen LogP contribution in [-0.4, -0.2) is 54.4 Å². The number of rotatable bonds is 4. The topological polar surface area (TPSA) is 49.4 Å². The number of thiocarbonyl (C=S) groups is 1. The maximum atomic E-state index is 5.31. The van der Waals surface area contributed by atoms with Crippen LogP contribution in [0, 0.1) is 6.92 Å². The summed E-state index contributed by atoms with van der Waals surface area (Å²) in [5, 5.41) is 6.90. The summed E-state index contributed by atoms with van der Waals surface area (Å²) in [6, 6.07) is 5.82. The first-order valence-corrected chi connectivity index (χ1v) is 6.93. The van der Waals surface area contributed by atoms with Crippen molar-refractivity contribution in [2.45, 2.75) is 6.92 Å². The average Bonchev–Trinajstić information content (AvgIpc) is 2.40. The Morgan fingerprint density at radius 2 is 2.21 bits per heavy atom. The van der Waals surface area contributed by atoms with Crippen molar-refractivity contribution in [3.8, 4) is 0 Å². The van der Waals surface area contributed by atoms with Crippen molar-refractivity contribution in [2.75, 3.05) is 44.7 Å². The van der Waals surface area contributed by atoms with Crippen LogP contribution in [0.15, 0.2) is 18.2 Å². The van der Waals surface area contributed by atoms with Crippen molar-refractivity contribution in [1.82, 2.24) is 15.2 Å². The highest BCUT2D eigenvalue weighted by Crippen LogP contribution is 2.03. The fraction of sp³-hybridized carbons (Fsp3) is 0.538. The zero-order valence-corrected chi connectivity index (χ0v) is 12.0. The van der Waals surface area contributed by atoms with Gasteiger partial charge in [0.1, 0.15) is 5.82 Å². The van der Waals surface area contributed by atoms with Crippen LogP contribution in [0.1, 0.15) is 5.69 Å². The summed E-state index contributed by atoms with van der Waals surface area (Å²) < 4.78 is 5.31. The second-order valence-corrected chi connectivity index (χ2v) is 4.91. The third-order valence-corrected chi connectivity index (χ3v) is 3.19. The van der Waals surface area contributed by atoms with Crippen LogP contribution in [0.3, 0.4) is 0 Å². The Balaban J connectivity index is 1.67. The smallest absolute Gasteiger partial charge is 0.171 e. The first kappa shape index (κ1) is 14.2. The van der Waals surface area contributed by atoms with Gasteiger partial charge in [0.2, 0.25) is 0 Å². The highest BCUT2D eigenvalue weighted by Gasteiger charge is 2.09. The molecule has 6 heteroatoms. The molecule has 0 aromatic carbocycles. The quantitative estimate of drug-likeness (QED) is 0.803. The third kappa shape index (κ3) is 5.10. The van der Waals surface area contributed by atoms with E-state index in [0.717, 1.165) is 50.9 Å². The summed E-state index contributed by atoms with van der Waals surface area (Å²) in [5.74, 6) is 0.781. The van der Waals surface area contributed by atoms with Gasteiger partial charge in [0, 0.05) is 31.9 Å². The van der Waals surface area contributed by atoms with Crippen molar-refractivity contribution < 1.29 is 4.74 Å². The van der Waals surface area contributed by atoms with E-state index < -0.39 is 0 Å². The van der Waals surface area contributed by atoms with Gasteiger partial charge in [0.15, 0.2) is 5.11 Å². The summed E-state index contributed by atoms with van der Waals surface area (Å²) >= 11 is 5.24. The van der Waals surface area contributed by atoms with E-state index in [1.807, 2.05) is 25.1 Å². The lowest BCUT2D eigenvalue weighted by Crippen LogP contribution is -2.42. The van der Waals surface area contributed by atoms with Gasteiger partial charge < -0.3 is 15.4 Å². The molecule has 0 spiro atoms. The Labute approximate surface area is 119 Å². The van der Waals surface area contributed by atoms with Crippen LogP contribution < -0.4 is 10.6 Å². The van der Waals surface area contributed by atoms with Gasteiger partial charge in [-0.05, 0) is 31.3 Å². The van der Waals surface area contributed by atoms with Gasteiger partial charge in [0.05, 0.1) is 13.2 Å². The summed E-state index contributed by atoms with van der Waals surface area (Å²) in [5.41, 5.74) is 0.973. The SMILES string of the molecule is Cc1cccc(NC(=S)NCCN2CCOCC2)n1. The summed E-state index contributed by atoms with van der Waals surface area (Å²) in [6.45, 7) is 7.43. The van der Waals surface area contributed by atoms with Crippen LogP contribution in [0.25, 0.3) is 0 Å². The van der Waals surface area contributed by atoms with Crippen molar-refractivity contribution in [3.05, 3.63) is 23.9 Å². The van der Waals surface area contributed by atoms with E-state index in [1.165, 1.54) is 0 Å². The lowest BCUT2D eigenvalue weighted by atomic mass is 10.4. The average molecular weight is 280 g/mol. The highest BCUT2D eigenvalue weighted by atomic mass is 32.1. The van der Waals surface area contributed by atoms with E-state index in [9.17, 15) is 0 Å². The third-order valence-electron chi connectivity index (χ3n) is 2.95. The van der Waals surface area contributed by atoms with Gasteiger partial charge >= 0.3 is 0 Å². The normalized spacial score (nSPS) is 16.1. The monoisotopic (exact) mass is 280 g/mol. The number of pyridine rings is 1. The zero-order chi connectivity index (χ0) is 13.5. The summed E-state index contributed by atoms with van der Waals surface area (Å²) in [7, 11) is 0. The maximum absolute atomic E-state index is 5.31. The Bertz CT molecular complexity index is 421. The van der Waals surface area contributed by atoms with Crippen LogP contribution >= 0.6 is 12.2 Å². The van der Waals surface area contributed by atoms with E-state index >= 15 is 0 Å². The molecule has 2 rings (SSSR count). The summed E-state index contributed by atoms with van der Waals surface area (Å²) in [6.07, 6.45) is 0. The molecule has 2 heterocycles. The van der Waals surface area contributed by atoms with Crippen molar-refractivity contribution >= 4 is 23.1 Å². The minimum Gasteiger partial charge on any atom is -0.379 e. The predicted octanol–water partition coefficient (Wildman–Crippen LogP) is 1.01. The predicted molar refractivity (Wildman–Crippen MR) is 80.5 cm³/mol. The number of hydrogen-bond acceptors (Lipinski definition) is 4. The molecule has 0 unspecified atom stereocenters. The first-order valence-electron chi connectivity index (χ1n) is 6.52. The molecule has 2 N–H and O–H groups in total. The van der Waals surface area contributed by atoms with Crippen LogP contribution in [0.5, 0.6) is 0 Å². The van der Waals surface area contributed by atoms with Crippen LogP contribution in [0.2, 0.25) is 0 Å². The Kier molecular flexibility index (Phi) is 5.50. The van der Waals surface area contributed by atoms with Crippen molar-refractivity contribution in [3.63, 3.8) is 0 Å². The molecule has 0 amide bonds. The second-order valence-electron chi connectivity index (χ2n) is 4.50. The standard InChI is InChI=1S/C13H20N4OS/c1-11-3-2-4-12(15-11)16-13(19)14-5-6-17-7-9-18-10-8-17/h2-4H,5-10H2,1H3,(H2,14,15,16,19). The number of ether oxygens (including phenoxy) is 1. The Morgan fingerprint density at radius 3 is 2.95 bits per heavy atom. The fourth-order valence-corrected chi connectivity index (χ4v) is 2.13. The molecule has 0 saturated carbocycles. The number of nitrogens with zero attached hydrogens (tertiary/aromatic N) is 2. The van der Waals surface area contributed by atoms with Gasteiger partial charge in [-0.3, -0.25) is 4.90 Å².